The molecular weight excluding hydrogens is 284 g/mol. The van der Waals surface area contributed by atoms with Gasteiger partial charge < -0.3 is 5.11 Å². The van der Waals surface area contributed by atoms with E-state index in [9.17, 15) is 4.79 Å². The molecule has 2 aromatic rings. The van der Waals surface area contributed by atoms with E-state index in [-0.39, 0.29) is 6.54 Å². The average molecular weight is 295 g/mol. The molecule has 1 heterocycles. The largest absolute Gasteiger partial charge is 0.480 e. The summed E-state index contributed by atoms with van der Waals surface area (Å²) in [6, 6.07) is 7.84. The molecule has 0 aliphatic heterocycles. The second-order valence-corrected chi connectivity index (χ2v) is 4.64. The highest BCUT2D eigenvalue weighted by molar-refractivity contribution is 9.10. The van der Waals surface area contributed by atoms with Gasteiger partial charge in [0.2, 0.25) is 0 Å². The summed E-state index contributed by atoms with van der Waals surface area (Å²) in [5.74, 6) is -0.894. The van der Waals surface area contributed by atoms with Crippen LogP contribution in [-0.4, -0.2) is 20.9 Å². The summed E-state index contributed by atoms with van der Waals surface area (Å²) in [6.45, 7) is 1.76. The normalized spacial score (nSPS) is 10.5. The molecule has 0 aliphatic rings. The maximum atomic E-state index is 10.6. The van der Waals surface area contributed by atoms with Crippen molar-refractivity contribution in [1.82, 2.24) is 9.78 Å². The summed E-state index contributed by atoms with van der Waals surface area (Å²) in [5, 5.41) is 12.9. The number of aliphatic carboxylic acids is 1. The molecule has 0 atom stereocenters. The summed E-state index contributed by atoms with van der Waals surface area (Å²) in [5.41, 5.74) is 2.81. The standard InChI is InChI=1S/C12H11BrN2O2/c1-8-11(6-15(14-8)7-12(16)17)9-2-4-10(13)5-3-9/h2-6H,7H2,1H3,(H,16,17). The van der Waals surface area contributed by atoms with Gasteiger partial charge in [0.15, 0.2) is 0 Å². The Hall–Kier alpha value is -1.62. The molecule has 1 aromatic carbocycles. The fraction of sp³-hybridized carbons (Fsp3) is 0.167. The molecule has 5 heteroatoms. The van der Waals surface area contributed by atoms with Crippen LogP contribution in [0.1, 0.15) is 5.69 Å². The van der Waals surface area contributed by atoms with Gasteiger partial charge in [-0.05, 0) is 24.6 Å². The van der Waals surface area contributed by atoms with Gasteiger partial charge in [0.05, 0.1) is 5.69 Å². The smallest absolute Gasteiger partial charge is 0.325 e. The molecule has 0 spiro atoms. The first-order valence-corrected chi connectivity index (χ1v) is 5.87. The van der Waals surface area contributed by atoms with Gasteiger partial charge in [0.1, 0.15) is 6.54 Å². The summed E-state index contributed by atoms with van der Waals surface area (Å²) in [4.78, 5) is 10.6. The molecule has 0 aliphatic carbocycles. The minimum absolute atomic E-state index is 0.114. The molecule has 17 heavy (non-hydrogen) atoms. The molecule has 4 nitrogen and oxygen atoms in total. The molecular formula is C12H11BrN2O2. The molecule has 0 radical (unpaired) electrons. The van der Waals surface area contributed by atoms with Crippen LogP contribution in [0, 0.1) is 6.92 Å². The Balaban J connectivity index is 2.35. The van der Waals surface area contributed by atoms with E-state index in [0.29, 0.717) is 0 Å². The van der Waals surface area contributed by atoms with Crippen LogP contribution < -0.4 is 0 Å². The van der Waals surface area contributed by atoms with E-state index in [1.807, 2.05) is 31.2 Å². The lowest BCUT2D eigenvalue weighted by atomic mass is 10.1. The molecule has 88 valence electrons. The Morgan fingerprint density at radius 3 is 2.65 bits per heavy atom. The van der Waals surface area contributed by atoms with Crippen LogP contribution in [0.15, 0.2) is 34.9 Å². The minimum Gasteiger partial charge on any atom is -0.480 e. The summed E-state index contributed by atoms with van der Waals surface area (Å²) in [6.07, 6.45) is 1.76. The van der Waals surface area contributed by atoms with Crippen molar-refractivity contribution in [3.05, 3.63) is 40.6 Å². The number of hydrogen-bond donors (Lipinski definition) is 1. The molecule has 0 saturated heterocycles. The van der Waals surface area contributed by atoms with E-state index in [0.717, 1.165) is 21.3 Å². The highest BCUT2D eigenvalue weighted by Gasteiger charge is 2.08. The van der Waals surface area contributed by atoms with Crippen LogP contribution in [0.3, 0.4) is 0 Å². The number of carboxylic acids is 1. The monoisotopic (exact) mass is 294 g/mol. The Bertz CT molecular complexity index is 546. The van der Waals surface area contributed by atoms with Gasteiger partial charge in [0.25, 0.3) is 0 Å². The number of carboxylic acid groups (broad SMARTS) is 1. The van der Waals surface area contributed by atoms with Crippen molar-refractivity contribution in [3.8, 4) is 11.1 Å². The number of nitrogens with zero attached hydrogens (tertiary/aromatic N) is 2. The van der Waals surface area contributed by atoms with Crippen molar-refractivity contribution >= 4 is 21.9 Å². The predicted octanol–water partition coefficient (Wildman–Crippen LogP) is 2.71. The summed E-state index contributed by atoms with van der Waals surface area (Å²) < 4.78 is 2.45. The predicted molar refractivity (Wildman–Crippen MR) is 67.7 cm³/mol. The summed E-state index contributed by atoms with van der Waals surface area (Å²) >= 11 is 3.38. The fourth-order valence-corrected chi connectivity index (χ4v) is 1.91. The van der Waals surface area contributed by atoms with Crippen molar-refractivity contribution in [2.24, 2.45) is 0 Å². The van der Waals surface area contributed by atoms with E-state index in [1.54, 1.807) is 6.20 Å². The quantitative estimate of drug-likeness (QED) is 0.947. The molecule has 0 fully saturated rings. The van der Waals surface area contributed by atoms with Crippen LogP contribution in [0.25, 0.3) is 11.1 Å². The highest BCUT2D eigenvalue weighted by atomic mass is 79.9. The third-order valence-electron chi connectivity index (χ3n) is 2.40. The van der Waals surface area contributed by atoms with Gasteiger partial charge in [0, 0.05) is 16.2 Å². The second kappa shape index (κ2) is 4.71. The van der Waals surface area contributed by atoms with Gasteiger partial charge >= 0.3 is 5.97 Å². The third kappa shape index (κ3) is 2.74. The average Bonchev–Trinajstić information content (AvgIpc) is 2.59. The van der Waals surface area contributed by atoms with E-state index in [2.05, 4.69) is 21.0 Å². The minimum atomic E-state index is -0.894. The van der Waals surface area contributed by atoms with Crippen molar-refractivity contribution in [3.63, 3.8) is 0 Å². The van der Waals surface area contributed by atoms with E-state index < -0.39 is 5.97 Å². The number of aromatic nitrogens is 2. The lowest BCUT2D eigenvalue weighted by molar-refractivity contribution is -0.137. The number of rotatable bonds is 3. The SMILES string of the molecule is Cc1nn(CC(=O)O)cc1-c1ccc(Br)cc1. The highest BCUT2D eigenvalue weighted by Crippen LogP contribution is 2.24. The maximum absolute atomic E-state index is 10.6. The zero-order valence-electron chi connectivity index (χ0n) is 9.22. The number of halogens is 1. The van der Waals surface area contributed by atoms with Crippen LogP contribution in [0.2, 0.25) is 0 Å². The molecule has 0 unspecified atom stereocenters. The number of benzene rings is 1. The van der Waals surface area contributed by atoms with Gasteiger partial charge in [-0.2, -0.15) is 5.10 Å². The molecule has 0 amide bonds. The number of hydrogen-bond acceptors (Lipinski definition) is 2. The summed E-state index contributed by atoms with van der Waals surface area (Å²) in [7, 11) is 0. The molecule has 0 bridgehead atoms. The topological polar surface area (TPSA) is 55.1 Å². The lowest BCUT2D eigenvalue weighted by Crippen LogP contribution is -2.08. The first kappa shape index (κ1) is 11.9. The van der Waals surface area contributed by atoms with Crippen molar-refractivity contribution in [1.29, 1.82) is 0 Å². The van der Waals surface area contributed by atoms with Crippen molar-refractivity contribution in [2.75, 3.05) is 0 Å². The number of aryl methyl sites for hydroxylation is 1. The van der Waals surface area contributed by atoms with Crippen LogP contribution in [-0.2, 0) is 11.3 Å². The van der Waals surface area contributed by atoms with Crippen molar-refractivity contribution in [2.45, 2.75) is 13.5 Å². The third-order valence-corrected chi connectivity index (χ3v) is 2.93. The first-order chi connectivity index (χ1) is 8.06. The van der Waals surface area contributed by atoms with Crippen LogP contribution >= 0.6 is 15.9 Å². The molecule has 1 N–H and O–H groups in total. The van der Waals surface area contributed by atoms with Gasteiger partial charge in [-0.25, -0.2) is 0 Å². The van der Waals surface area contributed by atoms with E-state index >= 15 is 0 Å². The molecule has 1 aromatic heterocycles. The zero-order chi connectivity index (χ0) is 12.4. The van der Waals surface area contributed by atoms with Gasteiger partial charge in [-0.15, -0.1) is 0 Å². The Kier molecular flexibility index (Phi) is 3.28. The lowest BCUT2D eigenvalue weighted by Gasteiger charge is -1.98. The van der Waals surface area contributed by atoms with E-state index in [1.165, 1.54) is 4.68 Å². The molecule has 0 saturated carbocycles. The van der Waals surface area contributed by atoms with Crippen molar-refractivity contribution < 1.29 is 9.90 Å². The van der Waals surface area contributed by atoms with E-state index in [4.69, 9.17) is 5.11 Å². The van der Waals surface area contributed by atoms with Gasteiger partial charge in [-0.1, -0.05) is 28.1 Å². The second-order valence-electron chi connectivity index (χ2n) is 3.73. The fourth-order valence-electron chi connectivity index (χ4n) is 1.65. The van der Waals surface area contributed by atoms with Crippen LogP contribution in [0.5, 0.6) is 0 Å². The van der Waals surface area contributed by atoms with Crippen LogP contribution in [0.4, 0.5) is 0 Å². The Labute approximate surface area is 107 Å². The Morgan fingerprint density at radius 2 is 2.06 bits per heavy atom. The van der Waals surface area contributed by atoms with Gasteiger partial charge in [-0.3, -0.25) is 9.48 Å². The maximum Gasteiger partial charge on any atom is 0.325 e. The first-order valence-electron chi connectivity index (χ1n) is 5.08. The number of carbonyl (C=O) groups is 1. The zero-order valence-corrected chi connectivity index (χ0v) is 10.8. The Morgan fingerprint density at radius 1 is 1.41 bits per heavy atom. The molecule has 2 rings (SSSR count).